The first-order valence-electron chi connectivity index (χ1n) is 7.55. The zero-order chi connectivity index (χ0) is 19.6. The monoisotopic (exact) mass is 402 g/mol. The normalized spacial score (nSPS) is 11.2. The van der Waals surface area contributed by atoms with E-state index in [1.165, 1.54) is 48.3 Å². The Bertz CT molecular complexity index is 1080. The van der Waals surface area contributed by atoms with Crippen LogP contribution < -0.4 is 11.1 Å². The Morgan fingerprint density at radius 2 is 2.04 bits per heavy atom. The first-order valence-corrected chi connectivity index (χ1v) is 9.59. The van der Waals surface area contributed by atoms with Crippen LogP contribution in [0, 0.1) is 0 Å². The van der Waals surface area contributed by atoms with E-state index < -0.39 is 11.8 Å². The Balaban J connectivity index is 2.19. The predicted molar refractivity (Wildman–Crippen MR) is 103 cm³/mol. The van der Waals surface area contributed by atoms with Crippen LogP contribution in [-0.4, -0.2) is 40.4 Å². The van der Waals surface area contributed by atoms with E-state index >= 15 is 0 Å². The molecule has 2 amide bonds. The summed E-state index contributed by atoms with van der Waals surface area (Å²) in [5, 5.41) is 30.2. The molecule has 138 valence electrons. The van der Waals surface area contributed by atoms with E-state index in [2.05, 4.69) is 25.7 Å². The van der Waals surface area contributed by atoms with Crippen molar-refractivity contribution in [1.29, 1.82) is 0 Å². The summed E-state index contributed by atoms with van der Waals surface area (Å²) in [6.45, 7) is 0. The highest BCUT2D eigenvalue weighted by molar-refractivity contribution is 8.00. The summed E-state index contributed by atoms with van der Waals surface area (Å²) in [5.41, 5.74) is 5.68. The molecule has 0 saturated heterocycles. The first-order chi connectivity index (χ1) is 12.9. The van der Waals surface area contributed by atoms with E-state index in [0.29, 0.717) is 15.9 Å². The molecule has 0 aliphatic carbocycles. The van der Waals surface area contributed by atoms with Gasteiger partial charge in [-0.05, 0) is 29.8 Å². The Kier molecular flexibility index (Phi) is 5.33. The second-order valence-electron chi connectivity index (χ2n) is 5.26. The molecule has 0 bridgehead atoms. The highest BCUT2D eigenvalue weighted by Crippen LogP contribution is 2.40. The molecule has 1 heterocycles. The van der Waals surface area contributed by atoms with Crippen LogP contribution >= 0.6 is 23.1 Å². The van der Waals surface area contributed by atoms with Gasteiger partial charge < -0.3 is 16.2 Å². The number of benzene rings is 2. The van der Waals surface area contributed by atoms with Crippen molar-refractivity contribution in [2.24, 2.45) is 16.0 Å². The first kappa shape index (κ1) is 18.7. The Morgan fingerprint density at radius 1 is 1.26 bits per heavy atom. The number of carbonyl (C=O) groups excluding carboxylic acids is 2. The van der Waals surface area contributed by atoms with E-state index in [9.17, 15) is 14.7 Å². The van der Waals surface area contributed by atoms with Gasteiger partial charge in [-0.3, -0.25) is 9.59 Å². The van der Waals surface area contributed by atoms with Gasteiger partial charge in [-0.15, -0.1) is 20.4 Å². The van der Waals surface area contributed by atoms with Crippen molar-refractivity contribution in [1.82, 2.24) is 15.5 Å². The third kappa shape index (κ3) is 3.73. The van der Waals surface area contributed by atoms with E-state index in [1.807, 2.05) is 6.26 Å². The lowest BCUT2D eigenvalue weighted by Crippen LogP contribution is -2.18. The van der Waals surface area contributed by atoms with Crippen LogP contribution in [0.25, 0.3) is 10.8 Å². The van der Waals surface area contributed by atoms with Gasteiger partial charge in [0.05, 0.1) is 5.56 Å². The smallest absolute Gasteiger partial charge is 0.254 e. The van der Waals surface area contributed by atoms with Gasteiger partial charge in [-0.2, -0.15) is 0 Å². The van der Waals surface area contributed by atoms with Crippen molar-refractivity contribution in [3.63, 3.8) is 0 Å². The van der Waals surface area contributed by atoms with Gasteiger partial charge in [0.15, 0.2) is 10.1 Å². The lowest BCUT2D eigenvalue weighted by Gasteiger charge is -2.10. The van der Waals surface area contributed by atoms with Crippen molar-refractivity contribution in [3.8, 4) is 5.75 Å². The Labute approximate surface area is 161 Å². The number of primary amides is 1. The van der Waals surface area contributed by atoms with Crippen molar-refractivity contribution >= 4 is 56.5 Å². The fourth-order valence-corrected chi connectivity index (χ4v) is 3.44. The Morgan fingerprint density at radius 3 is 2.67 bits per heavy atom. The largest absolute Gasteiger partial charge is 0.505 e. The minimum Gasteiger partial charge on any atom is -0.505 e. The van der Waals surface area contributed by atoms with Gasteiger partial charge >= 0.3 is 0 Å². The van der Waals surface area contributed by atoms with E-state index in [4.69, 9.17) is 5.73 Å². The maximum Gasteiger partial charge on any atom is 0.254 e. The van der Waals surface area contributed by atoms with Crippen molar-refractivity contribution < 1.29 is 14.7 Å². The van der Waals surface area contributed by atoms with E-state index in [0.717, 1.165) is 4.34 Å². The quantitative estimate of drug-likeness (QED) is 0.442. The number of azo groups is 1. The molecule has 3 aromatic rings. The number of hydrogen-bond donors (Lipinski definition) is 3. The highest BCUT2D eigenvalue weighted by atomic mass is 32.2. The number of thioether (sulfide) groups is 1. The van der Waals surface area contributed by atoms with E-state index in [1.54, 1.807) is 6.07 Å². The topological polar surface area (TPSA) is 143 Å². The summed E-state index contributed by atoms with van der Waals surface area (Å²) in [6, 6.07) is 6.09. The number of nitrogens with one attached hydrogen (secondary N) is 1. The second kappa shape index (κ2) is 7.68. The average molecular weight is 402 g/mol. The summed E-state index contributed by atoms with van der Waals surface area (Å²) in [7, 11) is 1.44. The molecule has 11 heteroatoms. The molecule has 0 saturated carbocycles. The van der Waals surface area contributed by atoms with Crippen molar-refractivity contribution in [2.75, 3.05) is 13.3 Å². The van der Waals surface area contributed by atoms with Crippen LogP contribution in [0.2, 0.25) is 0 Å². The molecule has 27 heavy (non-hydrogen) atoms. The van der Waals surface area contributed by atoms with Crippen LogP contribution in [0.4, 0.5) is 10.8 Å². The average Bonchev–Trinajstić information content (AvgIpc) is 3.13. The number of phenolic OH excluding ortho intramolecular Hbond substituents is 1. The standard InChI is InChI=1S/C16H14N6O3S2/c1-18-14(25)10-6-8-5-7(13(17)24)3-4-9(8)11(12(10)23)19-20-15-21-22-16(26-2)27-15/h3-6,23H,1-2H3,(H2,17,24)(H,18,25). The molecule has 3 rings (SSSR count). The molecule has 0 fully saturated rings. The van der Waals surface area contributed by atoms with Crippen molar-refractivity contribution in [2.45, 2.75) is 4.34 Å². The Hall–Kier alpha value is -3.05. The van der Waals surface area contributed by atoms with Gasteiger partial charge in [0.25, 0.3) is 11.0 Å². The van der Waals surface area contributed by atoms with E-state index in [-0.39, 0.29) is 22.6 Å². The lowest BCUT2D eigenvalue weighted by atomic mass is 10.0. The molecule has 9 nitrogen and oxygen atoms in total. The molecule has 2 aromatic carbocycles. The highest BCUT2D eigenvalue weighted by Gasteiger charge is 2.18. The number of nitrogens with zero attached hydrogens (tertiary/aromatic N) is 4. The third-order valence-electron chi connectivity index (χ3n) is 3.65. The van der Waals surface area contributed by atoms with Crippen LogP contribution in [0.3, 0.4) is 0 Å². The summed E-state index contributed by atoms with van der Waals surface area (Å²) in [4.78, 5) is 23.6. The molecule has 0 unspecified atom stereocenters. The molecular formula is C16H14N6O3S2. The zero-order valence-corrected chi connectivity index (χ0v) is 15.9. The van der Waals surface area contributed by atoms with Crippen LogP contribution in [0.1, 0.15) is 20.7 Å². The number of aromatic nitrogens is 2. The minimum absolute atomic E-state index is 0.00244. The third-order valence-corrected chi connectivity index (χ3v) is 5.43. The fraction of sp³-hybridized carbons (Fsp3) is 0.125. The lowest BCUT2D eigenvalue weighted by molar-refractivity contribution is 0.0959. The van der Waals surface area contributed by atoms with Crippen molar-refractivity contribution in [3.05, 3.63) is 35.4 Å². The SMILES string of the molecule is CNC(=O)c1cc2cc(C(N)=O)ccc2c(N=Nc2nnc(SC)s2)c1O. The zero-order valence-electron chi connectivity index (χ0n) is 14.3. The molecule has 4 N–H and O–H groups in total. The number of fused-ring (bicyclic) bond motifs is 1. The van der Waals surface area contributed by atoms with Gasteiger partial charge in [-0.1, -0.05) is 29.2 Å². The number of phenols is 1. The second-order valence-corrected chi connectivity index (χ2v) is 7.26. The fourth-order valence-electron chi connectivity index (χ4n) is 2.36. The number of hydrogen-bond acceptors (Lipinski definition) is 9. The van der Waals surface area contributed by atoms with Gasteiger partial charge in [0.1, 0.15) is 5.69 Å². The molecule has 0 aliphatic heterocycles. The number of rotatable bonds is 5. The van der Waals surface area contributed by atoms with Gasteiger partial charge in [0.2, 0.25) is 5.91 Å². The van der Waals surface area contributed by atoms with Gasteiger partial charge in [0, 0.05) is 18.0 Å². The summed E-state index contributed by atoms with van der Waals surface area (Å²) < 4.78 is 0.725. The maximum absolute atomic E-state index is 12.1. The van der Waals surface area contributed by atoms with Crippen LogP contribution in [-0.2, 0) is 0 Å². The molecule has 0 atom stereocenters. The molecule has 0 radical (unpaired) electrons. The molecule has 0 spiro atoms. The number of amides is 2. The molecule has 1 aromatic heterocycles. The van der Waals surface area contributed by atoms with Crippen LogP contribution in [0.15, 0.2) is 38.8 Å². The summed E-state index contributed by atoms with van der Waals surface area (Å²) in [6.07, 6.45) is 1.87. The van der Waals surface area contributed by atoms with Crippen LogP contribution in [0.5, 0.6) is 5.75 Å². The number of carbonyl (C=O) groups is 2. The predicted octanol–water partition coefficient (Wildman–Crippen LogP) is 2.99. The maximum atomic E-state index is 12.1. The molecule has 0 aliphatic rings. The number of aromatic hydroxyl groups is 1. The minimum atomic E-state index is -0.604. The summed E-state index contributed by atoms with van der Waals surface area (Å²) in [5.74, 6) is -1.43. The number of nitrogens with two attached hydrogens (primary N) is 1. The summed E-state index contributed by atoms with van der Waals surface area (Å²) >= 11 is 2.67. The van der Waals surface area contributed by atoms with Gasteiger partial charge in [-0.25, -0.2) is 0 Å². The molecular weight excluding hydrogens is 388 g/mol.